The Hall–Kier alpha value is -1.74. The van der Waals surface area contributed by atoms with Gasteiger partial charge in [-0.2, -0.15) is 22.0 Å². The Labute approximate surface area is 180 Å². The Morgan fingerprint density at radius 2 is 1.42 bits per heavy atom. The summed E-state index contributed by atoms with van der Waals surface area (Å²) in [7, 11) is 0. The van der Waals surface area contributed by atoms with E-state index in [4.69, 9.17) is 4.74 Å². The minimum atomic E-state index is -5.79. The van der Waals surface area contributed by atoms with E-state index < -0.39 is 60.8 Å². The normalized spacial score (nSPS) is 15.9. The monoisotopic (exact) mass is 460 g/mol. The fourth-order valence-corrected chi connectivity index (χ4v) is 2.93. The summed E-state index contributed by atoms with van der Waals surface area (Å²) in [6.07, 6.45) is -7.21. The number of Topliss-reactive ketones (excluding diaryl/α,β-unsaturated/α-hetero) is 1. The largest absolute Gasteiger partial charge is 0.453 e. The van der Waals surface area contributed by atoms with Crippen molar-refractivity contribution in [3.63, 3.8) is 0 Å². The van der Waals surface area contributed by atoms with Crippen molar-refractivity contribution in [1.29, 1.82) is 0 Å². The van der Waals surface area contributed by atoms with E-state index in [9.17, 15) is 36.3 Å². The van der Waals surface area contributed by atoms with E-state index in [1.807, 2.05) is 34.6 Å². The lowest BCUT2D eigenvalue weighted by atomic mass is 9.67. The molecule has 0 aromatic rings. The van der Waals surface area contributed by atoms with Crippen molar-refractivity contribution >= 4 is 17.7 Å². The summed E-state index contributed by atoms with van der Waals surface area (Å²) in [4.78, 5) is 36.1. The molecule has 2 atom stereocenters. The molecule has 0 heterocycles. The number of carbonyl (C=O) groups is 3. The van der Waals surface area contributed by atoms with Gasteiger partial charge < -0.3 is 9.47 Å². The number of hydrogen-bond donors (Lipinski definition) is 0. The van der Waals surface area contributed by atoms with Crippen molar-refractivity contribution in [3.05, 3.63) is 0 Å². The third kappa shape index (κ3) is 8.73. The number of hydrogen-bond acceptors (Lipinski definition) is 5. The molecule has 0 saturated heterocycles. The first kappa shape index (κ1) is 29.3. The highest BCUT2D eigenvalue weighted by molar-refractivity contribution is 5.96. The smallest absolute Gasteiger partial charge is 0.428 e. The van der Waals surface area contributed by atoms with E-state index >= 15 is 0 Å². The third-order valence-corrected chi connectivity index (χ3v) is 5.80. The Kier molecular flexibility index (Phi) is 10.1. The Morgan fingerprint density at radius 1 is 0.903 bits per heavy atom. The molecule has 0 aliphatic rings. The molecule has 182 valence electrons. The molecule has 2 unspecified atom stereocenters. The maximum atomic E-state index is 13.0. The van der Waals surface area contributed by atoms with Crippen LogP contribution < -0.4 is 0 Å². The molecule has 10 heteroatoms. The van der Waals surface area contributed by atoms with Gasteiger partial charge in [0.25, 0.3) is 0 Å². The average Bonchev–Trinajstić information content (AvgIpc) is 2.59. The highest BCUT2D eigenvalue weighted by Gasteiger charge is 2.58. The average molecular weight is 460 g/mol. The zero-order chi connectivity index (χ0) is 24.8. The summed E-state index contributed by atoms with van der Waals surface area (Å²) >= 11 is 0. The van der Waals surface area contributed by atoms with Crippen LogP contribution in [0, 0.1) is 22.7 Å². The summed E-state index contributed by atoms with van der Waals surface area (Å²) in [5.74, 6) is -9.75. The molecule has 0 aromatic carbocycles. The number of rotatable bonds is 12. The van der Waals surface area contributed by atoms with Crippen LogP contribution in [0.25, 0.3) is 0 Å². The van der Waals surface area contributed by atoms with Gasteiger partial charge in [0.05, 0.1) is 5.41 Å². The molecule has 0 saturated carbocycles. The lowest BCUT2D eigenvalue weighted by Gasteiger charge is -2.38. The summed E-state index contributed by atoms with van der Waals surface area (Å²) in [5.41, 5.74) is -1.00. The van der Waals surface area contributed by atoms with Gasteiger partial charge in [-0.05, 0) is 24.7 Å². The van der Waals surface area contributed by atoms with E-state index in [0.717, 1.165) is 13.3 Å². The summed E-state index contributed by atoms with van der Waals surface area (Å²) < 4.78 is 72.5. The molecule has 31 heavy (non-hydrogen) atoms. The van der Waals surface area contributed by atoms with Crippen LogP contribution in [-0.4, -0.2) is 36.6 Å². The molecule has 0 spiro atoms. The first-order valence-electron chi connectivity index (χ1n) is 10.1. The molecule has 0 aromatic heterocycles. The topological polar surface area (TPSA) is 69.7 Å². The van der Waals surface area contributed by atoms with Gasteiger partial charge in [0.2, 0.25) is 6.79 Å². The van der Waals surface area contributed by atoms with E-state index in [2.05, 4.69) is 4.74 Å². The quantitative estimate of drug-likeness (QED) is 0.162. The second-order valence-electron chi connectivity index (χ2n) is 9.28. The van der Waals surface area contributed by atoms with Gasteiger partial charge in [0.15, 0.2) is 0 Å². The molecule has 0 aliphatic heterocycles. The fourth-order valence-electron chi connectivity index (χ4n) is 2.93. The van der Waals surface area contributed by atoms with Gasteiger partial charge in [-0.25, -0.2) is 0 Å². The number of halogens is 5. The molecule has 0 amide bonds. The molecule has 0 radical (unpaired) electrons. The number of carbonyl (C=O) groups excluding carboxylic acids is 3. The molecule has 0 fully saturated rings. The van der Waals surface area contributed by atoms with Gasteiger partial charge >= 0.3 is 24.0 Å². The van der Waals surface area contributed by atoms with Gasteiger partial charge in [-0.3, -0.25) is 14.4 Å². The zero-order valence-corrected chi connectivity index (χ0v) is 19.1. The molecule has 0 N–H and O–H groups in total. The molecule has 0 aliphatic carbocycles. The van der Waals surface area contributed by atoms with Crippen molar-refractivity contribution in [2.75, 3.05) is 6.79 Å². The van der Waals surface area contributed by atoms with Crippen LogP contribution in [0.15, 0.2) is 0 Å². The molecule has 0 rings (SSSR count). The van der Waals surface area contributed by atoms with Gasteiger partial charge in [0, 0.05) is 12.3 Å². The first-order chi connectivity index (χ1) is 13.8. The molecule has 5 nitrogen and oxygen atoms in total. The van der Waals surface area contributed by atoms with Crippen LogP contribution in [0.2, 0.25) is 0 Å². The Balaban J connectivity index is 4.77. The Bertz CT molecular complexity index is 643. The molecular formula is C21H33F5O5. The lowest BCUT2D eigenvalue weighted by molar-refractivity contribution is -0.286. The van der Waals surface area contributed by atoms with Crippen LogP contribution >= 0.6 is 0 Å². The second kappa shape index (κ2) is 10.7. The maximum Gasteiger partial charge on any atom is 0.453 e. The van der Waals surface area contributed by atoms with Crippen LogP contribution in [0.5, 0.6) is 0 Å². The number of alkyl halides is 5. The zero-order valence-electron chi connectivity index (χ0n) is 19.1. The van der Waals surface area contributed by atoms with Crippen molar-refractivity contribution < 1.29 is 45.8 Å². The van der Waals surface area contributed by atoms with Gasteiger partial charge in [-0.1, -0.05) is 48.0 Å². The van der Waals surface area contributed by atoms with E-state index in [1.165, 1.54) is 0 Å². The van der Waals surface area contributed by atoms with E-state index in [0.29, 0.717) is 6.42 Å². The van der Waals surface area contributed by atoms with Crippen LogP contribution in [0.1, 0.15) is 74.1 Å². The number of ether oxygens (including phenoxy) is 2. The van der Waals surface area contributed by atoms with Crippen molar-refractivity contribution in [1.82, 2.24) is 0 Å². The predicted octanol–water partition coefficient (Wildman–Crippen LogP) is 5.70. The fraction of sp³-hybridized carbons (Fsp3) is 0.857. The van der Waals surface area contributed by atoms with Crippen molar-refractivity contribution in [3.8, 4) is 0 Å². The van der Waals surface area contributed by atoms with Crippen molar-refractivity contribution in [2.24, 2.45) is 22.7 Å². The van der Waals surface area contributed by atoms with Crippen LogP contribution in [-0.2, 0) is 23.9 Å². The third-order valence-electron chi connectivity index (χ3n) is 5.80. The first-order valence-corrected chi connectivity index (χ1v) is 10.1. The predicted molar refractivity (Wildman–Crippen MR) is 103 cm³/mol. The summed E-state index contributed by atoms with van der Waals surface area (Å²) in [5, 5.41) is 0. The van der Waals surface area contributed by atoms with Gasteiger partial charge in [-0.15, -0.1) is 0 Å². The molecule has 0 bridgehead atoms. The second-order valence-corrected chi connectivity index (χ2v) is 9.28. The number of ketones is 1. The Morgan fingerprint density at radius 3 is 1.84 bits per heavy atom. The van der Waals surface area contributed by atoms with E-state index in [-0.39, 0.29) is 11.3 Å². The molecular weight excluding hydrogens is 427 g/mol. The SMILES string of the molecule is CCC(C)(C)CC(C)(C(=O)OCOC(=O)CC(=O)C(C)CC(F)(F)C(F)(F)F)C(C)C. The van der Waals surface area contributed by atoms with Crippen molar-refractivity contribution in [2.45, 2.75) is 86.2 Å². The minimum absolute atomic E-state index is 0.0840. The highest BCUT2D eigenvalue weighted by Crippen LogP contribution is 2.42. The minimum Gasteiger partial charge on any atom is -0.428 e. The lowest BCUT2D eigenvalue weighted by Crippen LogP contribution is -2.39. The highest BCUT2D eigenvalue weighted by atomic mass is 19.4. The summed E-state index contributed by atoms with van der Waals surface area (Å²) in [6.45, 7) is 11.6. The van der Waals surface area contributed by atoms with Crippen LogP contribution in [0.3, 0.4) is 0 Å². The van der Waals surface area contributed by atoms with Gasteiger partial charge in [0.1, 0.15) is 12.2 Å². The number of esters is 2. The summed E-state index contributed by atoms with van der Waals surface area (Å²) in [6, 6.07) is 0. The standard InChI is InChI=1S/C21H33F5O5/c1-8-18(5,6)11-19(7,13(2)3)17(29)31-12-30-16(28)9-15(27)14(4)10-20(22,23)21(24,25)26/h13-14H,8-12H2,1-7H3. The maximum absolute atomic E-state index is 13.0. The van der Waals surface area contributed by atoms with E-state index in [1.54, 1.807) is 6.92 Å². The van der Waals surface area contributed by atoms with Crippen LogP contribution in [0.4, 0.5) is 22.0 Å².